The fourth-order valence-electron chi connectivity index (χ4n) is 3.47. The average molecular weight is 294 g/mol. The molecule has 0 aliphatic carbocycles. The molecule has 108 valence electrons. The summed E-state index contributed by atoms with van der Waals surface area (Å²) in [6.07, 6.45) is 1.84. The van der Waals surface area contributed by atoms with Gasteiger partial charge in [0.25, 0.3) is 0 Å². The van der Waals surface area contributed by atoms with E-state index in [0.717, 1.165) is 5.82 Å². The molecule has 0 saturated carbocycles. The van der Waals surface area contributed by atoms with Crippen molar-refractivity contribution >= 4 is 32.6 Å². The van der Waals surface area contributed by atoms with Crippen LogP contribution in [0.3, 0.4) is 0 Å². The minimum Gasteiger partial charge on any atom is -0.294 e. The maximum atomic E-state index is 4.56. The molecule has 2 aromatic heterocycles. The quantitative estimate of drug-likeness (QED) is 0.408. The van der Waals surface area contributed by atoms with Crippen LogP contribution in [0.2, 0.25) is 0 Å². The Morgan fingerprint density at radius 2 is 1.39 bits per heavy atom. The number of hydrogen-bond acceptors (Lipinski definition) is 1. The highest BCUT2D eigenvalue weighted by Crippen LogP contribution is 2.35. The Labute approximate surface area is 133 Å². The van der Waals surface area contributed by atoms with Crippen LogP contribution in [0.15, 0.2) is 85.1 Å². The third-order valence-electron chi connectivity index (χ3n) is 4.44. The first kappa shape index (κ1) is 12.4. The first-order valence-corrected chi connectivity index (χ1v) is 7.76. The second-order valence-electron chi connectivity index (χ2n) is 5.72. The van der Waals surface area contributed by atoms with Gasteiger partial charge in [0.05, 0.1) is 11.0 Å². The number of rotatable bonds is 1. The van der Waals surface area contributed by atoms with E-state index in [1.54, 1.807) is 0 Å². The molecule has 0 bridgehead atoms. The van der Waals surface area contributed by atoms with Crippen molar-refractivity contribution in [3.63, 3.8) is 0 Å². The van der Waals surface area contributed by atoms with Crippen molar-refractivity contribution < 1.29 is 0 Å². The molecule has 0 aliphatic rings. The van der Waals surface area contributed by atoms with Crippen LogP contribution in [0.5, 0.6) is 0 Å². The van der Waals surface area contributed by atoms with E-state index in [2.05, 4.69) is 76.3 Å². The Hall–Kier alpha value is -3.13. The summed E-state index contributed by atoms with van der Waals surface area (Å²) in [7, 11) is 0. The fourth-order valence-corrected chi connectivity index (χ4v) is 3.47. The zero-order valence-corrected chi connectivity index (χ0v) is 12.5. The second kappa shape index (κ2) is 4.68. The van der Waals surface area contributed by atoms with Gasteiger partial charge in [-0.05, 0) is 35.0 Å². The molecule has 23 heavy (non-hydrogen) atoms. The summed E-state index contributed by atoms with van der Waals surface area (Å²) in [6, 6.07) is 27.5. The Morgan fingerprint density at radius 3 is 2.26 bits per heavy atom. The first-order valence-electron chi connectivity index (χ1n) is 7.76. The molecule has 0 fully saturated rings. The van der Waals surface area contributed by atoms with E-state index in [9.17, 15) is 0 Å². The van der Waals surface area contributed by atoms with E-state index in [-0.39, 0.29) is 0 Å². The van der Waals surface area contributed by atoms with Crippen molar-refractivity contribution in [1.29, 1.82) is 0 Å². The predicted octanol–water partition coefficient (Wildman–Crippen LogP) is 5.33. The molecule has 2 heteroatoms. The second-order valence-corrected chi connectivity index (χ2v) is 5.72. The zero-order valence-electron chi connectivity index (χ0n) is 12.5. The standard InChI is InChI=1S/C21H14N2/c1-2-8-16-15(7-1)12-13-19-21(16)17-9-3-4-10-18(17)23(19)20-11-5-6-14-22-20/h1-14H. The molecule has 0 spiro atoms. The highest BCUT2D eigenvalue weighted by Gasteiger charge is 2.14. The topological polar surface area (TPSA) is 17.8 Å². The SMILES string of the molecule is c1ccc(-n2c3ccccc3c3c4ccccc4ccc32)nc1. The molecule has 0 N–H and O–H groups in total. The molecule has 2 heterocycles. The minimum atomic E-state index is 0.953. The lowest BCUT2D eigenvalue weighted by molar-refractivity contribution is 1.08. The van der Waals surface area contributed by atoms with E-state index in [4.69, 9.17) is 0 Å². The van der Waals surface area contributed by atoms with E-state index in [1.807, 2.05) is 18.3 Å². The van der Waals surface area contributed by atoms with Gasteiger partial charge in [0.1, 0.15) is 5.82 Å². The number of nitrogens with zero attached hydrogens (tertiary/aromatic N) is 2. The van der Waals surface area contributed by atoms with Gasteiger partial charge >= 0.3 is 0 Å². The van der Waals surface area contributed by atoms with Gasteiger partial charge in [-0.1, -0.05) is 54.6 Å². The number of pyridine rings is 1. The summed E-state index contributed by atoms with van der Waals surface area (Å²) < 4.78 is 2.25. The van der Waals surface area contributed by atoms with Crippen molar-refractivity contribution in [3.05, 3.63) is 85.1 Å². The third-order valence-corrected chi connectivity index (χ3v) is 4.44. The average Bonchev–Trinajstić information content (AvgIpc) is 2.97. The van der Waals surface area contributed by atoms with Crippen LogP contribution in [0.25, 0.3) is 38.4 Å². The minimum absolute atomic E-state index is 0.953. The molecule has 0 atom stereocenters. The largest absolute Gasteiger partial charge is 0.294 e. The summed E-state index contributed by atoms with van der Waals surface area (Å²) in [5.41, 5.74) is 2.39. The summed E-state index contributed by atoms with van der Waals surface area (Å²) in [5.74, 6) is 0.953. The predicted molar refractivity (Wildman–Crippen MR) is 96.1 cm³/mol. The number of para-hydroxylation sites is 1. The lowest BCUT2D eigenvalue weighted by atomic mass is 10.0. The van der Waals surface area contributed by atoms with Gasteiger partial charge in [-0.15, -0.1) is 0 Å². The number of benzene rings is 3. The highest BCUT2D eigenvalue weighted by molar-refractivity contribution is 6.21. The van der Waals surface area contributed by atoms with Gasteiger partial charge in [0, 0.05) is 17.0 Å². The molecule has 0 unspecified atom stereocenters. The molecule has 0 aliphatic heterocycles. The third kappa shape index (κ3) is 1.72. The monoisotopic (exact) mass is 294 g/mol. The first-order chi connectivity index (χ1) is 11.4. The molecule has 5 rings (SSSR count). The van der Waals surface area contributed by atoms with Crippen LogP contribution in [0.1, 0.15) is 0 Å². The van der Waals surface area contributed by atoms with Crippen LogP contribution in [-0.2, 0) is 0 Å². The van der Waals surface area contributed by atoms with E-state index >= 15 is 0 Å². The summed E-state index contributed by atoms with van der Waals surface area (Å²) in [6.45, 7) is 0. The van der Waals surface area contributed by atoms with Crippen molar-refractivity contribution in [1.82, 2.24) is 9.55 Å². The summed E-state index contributed by atoms with van der Waals surface area (Å²) in [5, 5.41) is 5.12. The van der Waals surface area contributed by atoms with Gasteiger partial charge in [-0.3, -0.25) is 4.57 Å². The van der Waals surface area contributed by atoms with Crippen molar-refractivity contribution in [2.75, 3.05) is 0 Å². The molecular weight excluding hydrogens is 280 g/mol. The molecule has 2 nitrogen and oxygen atoms in total. The molecule has 0 radical (unpaired) electrons. The maximum absolute atomic E-state index is 4.56. The molecule has 5 aromatic rings. The van der Waals surface area contributed by atoms with Gasteiger partial charge in [-0.25, -0.2) is 4.98 Å². The van der Waals surface area contributed by atoms with Gasteiger partial charge in [-0.2, -0.15) is 0 Å². The van der Waals surface area contributed by atoms with Crippen molar-refractivity contribution in [2.24, 2.45) is 0 Å². The van der Waals surface area contributed by atoms with E-state index in [0.29, 0.717) is 0 Å². The lowest BCUT2D eigenvalue weighted by Crippen LogP contribution is -1.95. The molecule has 0 saturated heterocycles. The number of aromatic nitrogens is 2. The Balaban J connectivity index is 2.07. The van der Waals surface area contributed by atoms with Crippen LogP contribution in [0.4, 0.5) is 0 Å². The van der Waals surface area contributed by atoms with Crippen molar-refractivity contribution in [2.45, 2.75) is 0 Å². The highest BCUT2D eigenvalue weighted by atomic mass is 15.1. The molecular formula is C21H14N2. The number of fused-ring (bicyclic) bond motifs is 5. The normalized spacial score (nSPS) is 11.5. The van der Waals surface area contributed by atoms with E-state index < -0.39 is 0 Å². The van der Waals surface area contributed by atoms with Crippen LogP contribution >= 0.6 is 0 Å². The van der Waals surface area contributed by atoms with Gasteiger partial charge < -0.3 is 0 Å². The van der Waals surface area contributed by atoms with Crippen molar-refractivity contribution in [3.8, 4) is 5.82 Å². The van der Waals surface area contributed by atoms with Gasteiger partial charge in [0.15, 0.2) is 0 Å². The fraction of sp³-hybridized carbons (Fsp3) is 0. The van der Waals surface area contributed by atoms with Crippen LogP contribution in [-0.4, -0.2) is 9.55 Å². The summed E-state index contributed by atoms with van der Waals surface area (Å²) in [4.78, 5) is 4.56. The Kier molecular flexibility index (Phi) is 2.53. The molecule has 3 aromatic carbocycles. The van der Waals surface area contributed by atoms with E-state index in [1.165, 1.54) is 32.6 Å². The molecule has 0 amide bonds. The summed E-state index contributed by atoms with van der Waals surface area (Å²) >= 11 is 0. The van der Waals surface area contributed by atoms with Gasteiger partial charge in [0.2, 0.25) is 0 Å². The Bertz CT molecular complexity index is 1150. The Morgan fingerprint density at radius 1 is 0.609 bits per heavy atom. The van der Waals surface area contributed by atoms with Crippen LogP contribution < -0.4 is 0 Å². The zero-order chi connectivity index (χ0) is 15.2. The smallest absolute Gasteiger partial charge is 0.137 e. The number of hydrogen-bond donors (Lipinski definition) is 0. The van der Waals surface area contributed by atoms with Crippen LogP contribution in [0, 0.1) is 0 Å². The lowest BCUT2D eigenvalue weighted by Gasteiger charge is -2.06. The maximum Gasteiger partial charge on any atom is 0.137 e.